The van der Waals surface area contributed by atoms with Crippen LogP contribution < -0.4 is 93.6 Å². The molecule has 0 saturated carbocycles. The molecule has 0 aromatic heterocycles. The first-order chi connectivity index (χ1) is 10.4. The second kappa shape index (κ2) is 56.3. The summed E-state index contributed by atoms with van der Waals surface area (Å²) in [6.45, 7) is 0. The van der Waals surface area contributed by atoms with Crippen LogP contribution in [0.1, 0.15) is 0 Å². The first-order valence-corrected chi connectivity index (χ1v) is 7.14. The summed E-state index contributed by atoms with van der Waals surface area (Å²) in [5.74, 6) is 0. The predicted molar refractivity (Wildman–Crippen MR) is 126 cm³/mol. The number of hydrogen-bond acceptors (Lipinski definition) is 6. The summed E-state index contributed by atoms with van der Waals surface area (Å²) in [5, 5.41) is 0.00000000000000133. The summed E-state index contributed by atoms with van der Waals surface area (Å²) in [6.07, 6.45) is 0. The van der Waals surface area contributed by atoms with Gasteiger partial charge in [0, 0.05) is 0 Å². The Morgan fingerprint density at radius 1 is 0.286 bits per heavy atom. The van der Waals surface area contributed by atoms with Crippen LogP contribution in [-0.2, 0) is 34.1 Å². The van der Waals surface area contributed by atoms with Crippen molar-refractivity contribution in [1.82, 2.24) is 0 Å². The van der Waals surface area contributed by atoms with Crippen LogP contribution in [0.2, 0.25) is 0 Å². The quantitative estimate of drug-likeness (QED) is 0.0852. The van der Waals surface area contributed by atoms with E-state index in [9.17, 15) is 0 Å². The van der Waals surface area contributed by atoms with Gasteiger partial charge >= 0.3 is 34.1 Å². The van der Waals surface area contributed by atoms with Gasteiger partial charge in [-0.2, -0.15) is 0 Å². The van der Waals surface area contributed by atoms with Gasteiger partial charge in [0.05, 0.1) is 0 Å². The van der Waals surface area contributed by atoms with Gasteiger partial charge in [-0.1, -0.05) is 0 Å². The van der Waals surface area contributed by atoms with Gasteiger partial charge < -0.3 is 93.6 Å². The molecule has 0 radical (unpaired) electrons. The maximum atomic E-state index is 4.62. The first-order valence-electron chi connectivity index (χ1n) is 4.69. The molecule has 0 heterocycles. The zero-order chi connectivity index (χ0) is 21.5. The van der Waals surface area contributed by atoms with E-state index < -0.39 is 0 Å². The van der Waals surface area contributed by atoms with Crippen LogP contribution in [0, 0.1) is 0 Å². The Bertz CT molecular complexity index is 288. The van der Waals surface area contributed by atoms with Crippen LogP contribution in [0.5, 0.6) is 0 Å². The molecule has 22 heteroatoms. The first kappa shape index (κ1) is 63.0. The van der Waals surface area contributed by atoms with Crippen LogP contribution in [0.4, 0.5) is 0 Å². The van der Waals surface area contributed by atoms with Crippen LogP contribution in [0.25, 0.3) is 0 Å². The Labute approximate surface area is 229 Å². The maximum Gasteiger partial charge on any atom is 1.00 e. The summed E-state index contributed by atoms with van der Waals surface area (Å²) in [5.41, 5.74) is 55.4. The standard InChI is InChI=1S/6CH4N2S.2ClH.2Cu/c6*2-1(3)4;;;;/h6*(H4,2,3,4);2*1H;;/q;;;;;;;;2*+1/p-2. The molecular weight excluding hydrogens is 631 g/mol. The molecule has 0 aromatic rings. The van der Waals surface area contributed by atoms with E-state index in [-0.39, 0.29) is 89.6 Å². The molecule has 0 amide bonds. The average Bonchev–Trinajstić information content (AvgIpc) is 2.08. The van der Waals surface area contributed by atoms with E-state index in [1.54, 1.807) is 0 Å². The molecule has 12 nitrogen and oxygen atoms in total. The summed E-state index contributed by atoms with van der Waals surface area (Å²) in [6, 6.07) is 0. The largest absolute Gasteiger partial charge is 1.00 e. The van der Waals surface area contributed by atoms with E-state index in [0.29, 0.717) is 0 Å². The van der Waals surface area contributed by atoms with Gasteiger partial charge in [0.1, 0.15) is 0 Å². The van der Waals surface area contributed by atoms with Crippen molar-refractivity contribution in [2.24, 2.45) is 68.8 Å². The van der Waals surface area contributed by atoms with E-state index in [0.717, 1.165) is 0 Å². The summed E-state index contributed by atoms with van der Waals surface area (Å²) < 4.78 is 0. The minimum absolute atomic E-state index is 0. The van der Waals surface area contributed by atoms with Crippen LogP contribution in [0.15, 0.2) is 0 Å². The topological polar surface area (TPSA) is 312 Å². The van der Waals surface area contributed by atoms with Crippen LogP contribution in [-0.4, -0.2) is 30.7 Å². The number of nitrogens with two attached hydrogens (primary N) is 12. The fourth-order valence-electron chi connectivity index (χ4n) is 0. The van der Waals surface area contributed by atoms with E-state index in [2.05, 4.69) is 142 Å². The Hall–Kier alpha value is -0.241. The smallest absolute Gasteiger partial charge is 1.00 e. The van der Waals surface area contributed by atoms with Gasteiger partial charge in [-0.15, -0.1) is 0 Å². The van der Waals surface area contributed by atoms with Crippen molar-refractivity contribution in [2.75, 3.05) is 0 Å². The van der Waals surface area contributed by atoms with Gasteiger partial charge in [-0.3, -0.25) is 0 Å². The van der Waals surface area contributed by atoms with E-state index in [1.165, 1.54) is 0 Å². The molecule has 0 aliphatic heterocycles. The second-order valence-corrected chi connectivity index (χ2v) is 5.24. The molecule has 0 saturated heterocycles. The molecule has 0 aromatic carbocycles. The third-order valence-electron chi connectivity index (χ3n) is 0. The fourth-order valence-corrected chi connectivity index (χ4v) is 0. The minimum atomic E-state index is 0. The summed E-state index contributed by atoms with van der Waals surface area (Å²) in [7, 11) is 0. The predicted octanol–water partition coefficient (Wildman–Crippen LogP) is -10.9. The zero-order valence-electron chi connectivity index (χ0n) is 13.7. The summed E-state index contributed by atoms with van der Waals surface area (Å²) in [4.78, 5) is 0. The Balaban J connectivity index is -0.0000000169. The van der Waals surface area contributed by atoms with E-state index >= 15 is 0 Å². The summed E-state index contributed by atoms with van der Waals surface area (Å²) >= 11 is 24.6. The number of halogens is 2. The molecule has 0 rings (SSSR count). The van der Waals surface area contributed by atoms with Crippen molar-refractivity contribution in [1.29, 1.82) is 0 Å². The molecule has 24 N–H and O–H groups in total. The van der Waals surface area contributed by atoms with Gasteiger partial charge in [0.15, 0.2) is 30.7 Å². The van der Waals surface area contributed by atoms with E-state index in [1.807, 2.05) is 0 Å². The molecule has 0 aliphatic rings. The molecule has 180 valence electrons. The van der Waals surface area contributed by atoms with Crippen LogP contribution >= 0.6 is 73.3 Å². The van der Waals surface area contributed by atoms with Gasteiger partial charge in [-0.05, 0) is 73.3 Å². The zero-order valence-corrected chi connectivity index (χ0v) is 22.0. The van der Waals surface area contributed by atoms with Crippen molar-refractivity contribution in [3.05, 3.63) is 0 Å². The van der Waals surface area contributed by atoms with Crippen molar-refractivity contribution in [3.8, 4) is 0 Å². The van der Waals surface area contributed by atoms with Crippen LogP contribution in [0.3, 0.4) is 0 Å². The molecule has 0 spiro atoms. The van der Waals surface area contributed by atoms with Gasteiger partial charge in [-0.25, -0.2) is 0 Å². The van der Waals surface area contributed by atoms with Crippen molar-refractivity contribution in [3.63, 3.8) is 0 Å². The second-order valence-electron chi connectivity index (χ2n) is 2.41. The van der Waals surface area contributed by atoms with Gasteiger partial charge in [0.2, 0.25) is 0 Å². The Morgan fingerprint density at radius 3 is 0.286 bits per heavy atom. The molecular formula is C6H24Cl2Cu2N12S6. The molecule has 0 fully saturated rings. The molecule has 0 aliphatic carbocycles. The number of rotatable bonds is 0. The maximum absolute atomic E-state index is 4.62. The van der Waals surface area contributed by atoms with Gasteiger partial charge in [0.25, 0.3) is 0 Å². The third kappa shape index (κ3) is 272000. The van der Waals surface area contributed by atoms with Crippen molar-refractivity contribution < 1.29 is 59.0 Å². The molecule has 0 unspecified atom stereocenters. The third-order valence-corrected chi connectivity index (χ3v) is 0. The molecule has 0 atom stereocenters. The normalized spacial score (nSPS) is 5.14. The number of hydrogen-bond donors (Lipinski definition) is 12. The minimum Gasteiger partial charge on any atom is -1.00 e. The molecule has 28 heavy (non-hydrogen) atoms. The van der Waals surface area contributed by atoms with E-state index in [4.69, 9.17) is 0 Å². The average molecular weight is 655 g/mol. The SMILES string of the molecule is NC(N)=S.NC(N)=S.NC(N)=S.NC(N)=S.NC(N)=S.NC(N)=S.[Cl-].[Cl-].[Cu+].[Cu+]. The number of thiocarbonyl (C=S) groups is 6. The Morgan fingerprint density at radius 2 is 0.286 bits per heavy atom. The Kier molecular flexibility index (Phi) is 127. The van der Waals surface area contributed by atoms with Crippen molar-refractivity contribution >= 4 is 104 Å². The monoisotopic (exact) mass is 652 g/mol. The molecule has 0 bridgehead atoms. The fraction of sp³-hybridized carbons (Fsp3) is 0. The van der Waals surface area contributed by atoms with Crippen molar-refractivity contribution in [2.45, 2.75) is 0 Å².